The zero-order chi connectivity index (χ0) is 25.6. The minimum atomic E-state index is -0.417. The van der Waals surface area contributed by atoms with E-state index in [4.69, 9.17) is 4.74 Å². The van der Waals surface area contributed by atoms with Crippen molar-refractivity contribution in [3.63, 3.8) is 0 Å². The summed E-state index contributed by atoms with van der Waals surface area (Å²) in [5.41, 5.74) is 5.51. The summed E-state index contributed by atoms with van der Waals surface area (Å²) < 4.78 is 7.34. The number of hydrogen-bond acceptors (Lipinski definition) is 4. The number of aryl methyl sites for hydroxylation is 1. The van der Waals surface area contributed by atoms with Crippen LogP contribution in [0.1, 0.15) is 29.5 Å². The lowest BCUT2D eigenvalue weighted by molar-refractivity contribution is -0.116. The first kappa shape index (κ1) is 24.0. The Bertz CT molecular complexity index is 1420. The molecule has 6 nitrogen and oxygen atoms in total. The molecule has 6 heteroatoms. The highest BCUT2D eigenvalue weighted by Crippen LogP contribution is 2.28. The second-order valence-electron chi connectivity index (χ2n) is 8.72. The minimum absolute atomic E-state index is 0.0927. The Morgan fingerprint density at radius 1 is 0.838 bits per heavy atom. The Labute approximate surface area is 216 Å². The van der Waals surface area contributed by atoms with Crippen LogP contribution in [0.25, 0.3) is 17.1 Å². The molecule has 1 amide bonds. The van der Waals surface area contributed by atoms with E-state index in [0.717, 1.165) is 22.4 Å². The summed E-state index contributed by atoms with van der Waals surface area (Å²) in [6.45, 7) is 4.43. The van der Waals surface area contributed by atoms with Crippen molar-refractivity contribution < 1.29 is 9.53 Å². The van der Waals surface area contributed by atoms with Gasteiger partial charge in [-0.1, -0.05) is 90.5 Å². The smallest absolute Gasteiger partial charge is 0.336 e. The average Bonchev–Trinajstić information content (AvgIpc) is 3.35. The fraction of sp³-hybridized carbons (Fsp3) is 0.129. The van der Waals surface area contributed by atoms with Gasteiger partial charge in [-0.15, -0.1) is 5.10 Å². The van der Waals surface area contributed by atoms with Crippen LogP contribution in [0.3, 0.4) is 0 Å². The van der Waals surface area contributed by atoms with Gasteiger partial charge in [0.1, 0.15) is 0 Å². The van der Waals surface area contributed by atoms with Crippen LogP contribution >= 0.6 is 0 Å². The molecule has 0 radical (unpaired) electrons. The van der Waals surface area contributed by atoms with E-state index >= 15 is 0 Å². The van der Waals surface area contributed by atoms with Crippen LogP contribution in [0, 0.1) is 6.92 Å². The Balaban J connectivity index is 1.42. The van der Waals surface area contributed by atoms with E-state index in [1.54, 1.807) is 4.68 Å². The molecule has 0 unspecified atom stereocenters. The van der Waals surface area contributed by atoms with E-state index < -0.39 is 5.92 Å². The summed E-state index contributed by atoms with van der Waals surface area (Å²) in [6, 6.07) is 35.7. The third-order valence-corrected chi connectivity index (χ3v) is 6.08. The third-order valence-electron chi connectivity index (χ3n) is 6.08. The normalized spacial score (nSPS) is 10.9. The first-order valence-electron chi connectivity index (χ1n) is 12.3. The van der Waals surface area contributed by atoms with Crippen LogP contribution < -0.4 is 10.1 Å². The lowest BCUT2D eigenvalue weighted by Gasteiger charge is -2.18. The van der Waals surface area contributed by atoms with E-state index in [9.17, 15) is 4.79 Å². The first-order chi connectivity index (χ1) is 18.1. The van der Waals surface area contributed by atoms with Crippen molar-refractivity contribution in [3.05, 3.63) is 126 Å². The van der Waals surface area contributed by atoms with Crippen LogP contribution in [-0.4, -0.2) is 27.3 Å². The zero-order valence-electron chi connectivity index (χ0n) is 20.8. The summed E-state index contributed by atoms with van der Waals surface area (Å²) in [4.78, 5) is 18.1. The maximum absolute atomic E-state index is 13.5. The van der Waals surface area contributed by atoms with Crippen molar-refractivity contribution in [2.24, 2.45) is 0 Å². The number of benzene rings is 4. The summed E-state index contributed by atoms with van der Waals surface area (Å²) in [5, 5.41) is 7.65. The summed E-state index contributed by atoms with van der Waals surface area (Å²) >= 11 is 0. The van der Waals surface area contributed by atoms with E-state index in [1.807, 2.05) is 123 Å². The highest BCUT2D eigenvalue weighted by atomic mass is 16.5. The number of rotatable bonds is 8. The number of nitrogens with zero attached hydrogens (tertiary/aromatic N) is 3. The van der Waals surface area contributed by atoms with Crippen molar-refractivity contribution in [1.82, 2.24) is 14.8 Å². The Kier molecular flexibility index (Phi) is 7.08. The maximum Gasteiger partial charge on any atom is 0.336 e. The molecular weight excluding hydrogens is 460 g/mol. The fourth-order valence-electron chi connectivity index (χ4n) is 4.24. The van der Waals surface area contributed by atoms with Gasteiger partial charge in [-0.25, -0.2) is 4.68 Å². The molecule has 37 heavy (non-hydrogen) atoms. The molecule has 0 aliphatic rings. The van der Waals surface area contributed by atoms with Crippen molar-refractivity contribution in [2.45, 2.75) is 19.8 Å². The number of nitrogens with one attached hydrogen (secondary N) is 1. The van der Waals surface area contributed by atoms with E-state index in [1.165, 1.54) is 5.56 Å². The zero-order valence-corrected chi connectivity index (χ0v) is 20.8. The average molecular weight is 489 g/mol. The number of aromatic nitrogens is 3. The summed E-state index contributed by atoms with van der Waals surface area (Å²) in [6.07, 6.45) is 0. The molecule has 5 aromatic rings. The number of carbonyl (C=O) groups is 1. The molecular formula is C31H28N4O2. The molecule has 1 N–H and O–H groups in total. The van der Waals surface area contributed by atoms with E-state index in [0.29, 0.717) is 24.1 Å². The molecule has 0 bridgehead atoms. The van der Waals surface area contributed by atoms with Gasteiger partial charge in [0.15, 0.2) is 5.82 Å². The Morgan fingerprint density at radius 2 is 1.43 bits per heavy atom. The molecule has 0 spiro atoms. The second kappa shape index (κ2) is 10.9. The number of hydrogen-bond donors (Lipinski definition) is 1. The van der Waals surface area contributed by atoms with Gasteiger partial charge in [-0.2, -0.15) is 4.98 Å². The van der Waals surface area contributed by atoms with Crippen molar-refractivity contribution >= 4 is 11.6 Å². The van der Waals surface area contributed by atoms with Crippen molar-refractivity contribution in [3.8, 4) is 23.1 Å². The Morgan fingerprint density at radius 3 is 2.00 bits per heavy atom. The highest BCUT2D eigenvalue weighted by molar-refractivity contribution is 5.98. The number of amides is 1. The molecule has 0 saturated carbocycles. The predicted octanol–water partition coefficient (Wildman–Crippen LogP) is 6.41. The van der Waals surface area contributed by atoms with Gasteiger partial charge in [0.2, 0.25) is 5.91 Å². The molecule has 0 atom stereocenters. The maximum atomic E-state index is 13.5. The number of anilines is 1. The van der Waals surface area contributed by atoms with Crippen LogP contribution in [0.5, 0.6) is 6.01 Å². The van der Waals surface area contributed by atoms with Gasteiger partial charge < -0.3 is 10.1 Å². The monoisotopic (exact) mass is 488 g/mol. The summed E-state index contributed by atoms with van der Waals surface area (Å²) in [5.74, 6) is 0.178. The van der Waals surface area contributed by atoms with Gasteiger partial charge in [-0.3, -0.25) is 4.79 Å². The van der Waals surface area contributed by atoms with Gasteiger partial charge in [-0.05, 0) is 49.2 Å². The van der Waals surface area contributed by atoms with Gasteiger partial charge in [0.05, 0.1) is 18.2 Å². The second-order valence-corrected chi connectivity index (χ2v) is 8.72. The predicted molar refractivity (Wildman–Crippen MR) is 146 cm³/mol. The molecule has 5 rings (SSSR count). The molecule has 0 aliphatic heterocycles. The minimum Gasteiger partial charge on any atom is -0.463 e. The first-order valence-corrected chi connectivity index (χ1v) is 12.3. The summed E-state index contributed by atoms with van der Waals surface area (Å²) in [7, 11) is 0. The van der Waals surface area contributed by atoms with Crippen molar-refractivity contribution in [2.75, 3.05) is 11.9 Å². The molecule has 0 saturated heterocycles. The van der Waals surface area contributed by atoms with Crippen LogP contribution in [0.2, 0.25) is 0 Å². The molecule has 1 aromatic heterocycles. The molecule has 4 aromatic carbocycles. The van der Waals surface area contributed by atoms with E-state index in [-0.39, 0.29) is 5.91 Å². The Hall–Kier alpha value is -4.71. The standard InChI is InChI=1S/C31H28N4O2/c1-3-37-31-33-29(25-16-14-22(2)15-17-25)35(34-31)27-20-18-26(19-21-27)32-30(36)28(23-10-6-4-7-11-23)24-12-8-5-9-13-24/h4-21,28H,3H2,1-2H3,(H,32,36). The third kappa shape index (κ3) is 5.43. The SMILES string of the molecule is CCOc1nc(-c2ccc(C)cc2)n(-c2ccc(NC(=O)C(c3ccccc3)c3ccccc3)cc2)n1. The van der Waals surface area contributed by atoms with Crippen LogP contribution in [0.15, 0.2) is 109 Å². The molecule has 184 valence electrons. The molecule has 0 aliphatic carbocycles. The quantitative estimate of drug-likeness (QED) is 0.274. The lowest BCUT2D eigenvalue weighted by Crippen LogP contribution is -2.22. The molecule has 0 fully saturated rings. The van der Waals surface area contributed by atoms with Crippen molar-refractivity contribution in [1.29, 1.82) is 0 Å². The molecule has 1 heterocycles. The van der Waals surface area contributed by atoms with Gasteiger partial charge in [0, 0.05) is 11.3 Å². The fourth-order valence-corrected chi connectivity index (χ4v) is 4.24. The highest BCUT2D eigenvalue weighted by Gasteiger charge is 2.23. The number of ether oxygens (including phenoxy) is 1. The van der Waals surface area contributed by atoms with Crippen LogP contribution in [0.4, 0.5) is 5.69 Å². The van der Waals surface area contributed by atoms with Gasteiger partial charge in [0.25, 0.3) is 0 Å². The van der Waals surface area contributed by atoms with Crippen LogP contribution in [-0.2, 0) is 4.79 Å². The topological polar surface area (TPSA) is 69.0 Å². The largest absolute Gasteiger partial charge is 0.463 e. The van der Waals surface area contributed by atoms with E-state index in [2.05, 4.69) is 15.4 Å². The number of carbonyl (C=O) groups excluding carboxylic acids is 1. The van der Waals surface area contributed by atoms with Gasteiger partial charge >= 0.3 is 6.01 Å². The lowest BCUT2D eigenvalue weighted by atomic mass is 9.90.